The molecule has 0 fully saturated rings. The molecule has 88 valence electrons. The molecule has 0 radical (unpaired) electrons. The molecule has 0 unspecified atom stereocenters. The largest absolute Gasteiger partial charge is 0.574 e. The number of halogens is 4. The first-order valence-electron chi connectivity index (χ1n) is 3.87. The van der Waals surface area contributed by atoms with Crippen molar-refractivity contribution >= 4 is 16.8 Å². The van der Waals surface area contributed by atoms with Gasteiger partial charge in [-0.1, -0.05) is 0 Å². The first-order chi connectivity index (χ1) is 7.20. The summed E-state index contributed by atoms with van der Waals surface area (Å²) in [4.78, 5) is 14.0. The third kappa shape index (κ3) is 2.99. The van der Waals surface area contributed by atoms with Crippen LogP contribution in [0.4, 0.5) is 13.2 Å². The van der Waals surface area contributed by atoms with Crippen LogP contribution in [0.1, 0.15) is 16.1 Å². The Morgan fingerprint density at radius 3 is 2.56 bits per heavy atom. The first-order valence-corrected chi connectivity index (χ1v) is 4.24. The van der Waals surface area contributed by atoms with Gasteiger partial charge in [-0.15, -0.1) is 13.2 Å². The molecule has 0 aliphatic carbocycles. The average molecular weight is 256 g/mol. The summed E-state index contributed by atoms with van der Waals surface area (Å²) in [5.41, 5.74) is -0.259. The highest BCUT2D eigenvalue weighted by Gasteiger charge is 2.33. The number of aryl methyl sites for hydroxylation is 1. The summed E-state index contributed by atoms with van der Waals surface area (Å²) in [7, 11) is 0. The maximum Gasteiger partial charge on any atom is 0.574 e. The van der Waals surface area contributed by atoms with Gasteiger partial charge < -0.3 is 9.84 Å². The number of carbonyl (C=O) groups is 1. The van der Waals surface area contributed by atoms with Crippen LogP contribution in [0.25, 0.3) is 0 Å². The average Bonchev–Trinajstić information content (AvgIpc) is 2.07. The molecule has 1 aromatic heterocycles. The molecule has 8 heteroatoms. The third-order valence-corrected chi connectivity index (χ3v) is 1.79. The lowest BCUT2D eigenvalue weighted by atomic mass is 10.2. The summed E-state index contributed by atoms with van der Waals surface area (Å²) in [5, 5.41) is 8.20. The molecule has 0 atom stereocenters. The second-order valence-corrected chi connectivity index (χ2v) is 3.11. The highest BCUT2D eigenvalue weighted by Crippen LogP contribution is 2.31. The van der Waals surface area contributed by atoms with Gasteiger partial charge >= 0.3 is 6.36 Å². The molecule has 0 amide bonds. The Balaban J connectivity index is 3.16. The van der Waals surface area contributed by atoms with E-state index in [0.717, 1.165) is 6.07 Å². The van der Waals surface area contributed by atoms with Crippen molar-refractivity contribution in [3.63, 3.8) is 0 Å². The Bertz CT molecular complexity index is 433. The van der Waals surface area contributed by atoms with Crippen LogP contribution in [0.3, 0.4) is 0 Å². The standard InChI is InChI=1S/C8H5ClF3NO3/c1-3-4(6(9)15)2-5(14)7(13-3)16-8(10,11)12/h2,14H,1H3. The molecule has 1 aromatic rings. The molecule has 0 aliphatic rings. The summed E-state index contributed by atoms with van der Waals surface area (Å²) in [6, 6.07) is 0.763. The van der Waals surface area contributed by atoms with E-state index in [4.69, 9.17) is 16.7 Å². The van der Waals surface area contributed by atoms with Crippen molar-refractivity contribution in [2.24, 2.45) is 0 Å². The maximum absolute atomic E-state index is 11.8. The molecule has 0 aliphatic heterocycles. The summed E-state index contributed by atoms with van der Waals surface area (Å²) in [6.07, 6.45) is -4.97. The van der Waals surface area contributed by atoms with Gasteiger partial charge in [-0.3, -0.25) is 4.79 Å². The molecule has 0 bridgehead atoms. The van der Waals surface area contributed by atoms with E-state index in [1.54, 1.807) is 0 Å². The highest BCUT2D eigenvalue weighted by molar-refractivity contribution is 6.67. The summed E-state index contributed by atoms with van der Waals surface area (Å²) in [6.45, 7) is 1.26. The number of pyridine rings is 1. The Morgan fingerprint density at radius 1 is 1.56 bits per heavy atom. The Hall–Kier alpha value is -1.50. The van der Waals surface area contributed by atoms with E-state index in [9.17, 15) is 18.0 Å². The predicted octanol–water partition coefficient (Wildman–Crippen LogP) is 2.37. The van der Waals surface area contributed by atoms with Gasteiger partial charge in [0.1, 0.15) is 0 Å². The molecule has 0 saturated carbocycles. The van der Waals surface area contributed by atoms with E-state index in [-0.39, 0.29) is 11.3 Å². The van der Waals surface area contributed by atoms with E-state index in [0.29, 0.717) is 0 Å². The summed E-state index contributed by atoms with van der Waals surface area (Å²) in [5.74, 6) is -1.93. The Morgan fingerprint density at radius 2 is 2.12 bits per heavy atom. The molecule has 0 saturated heterocycles. The van der Waals surface area contributed by atoms with E-state index >= 15 is 0 Å². The van der Waals surface area contributed by atoms with Crippen molar-refractivity contribution in [2.45, 2.75) is 13.3 Å². The fraction of sp³-hybridized carbons (Fsp3) is 0.250. The van der Waals surface area contributed by atoms with Gasteiger partial charge in [0, 0.05) is 0 Å². The van der Waals surface area contributed by atoms with E-state index < -0.39 is 23.2 Å². The molecule has 4 nitrogen and oxygen atoms in total. The van der Waals surface area contributed by atoms with E-state index in [1.807, 2.05) is 0 Å². The van der Waals surface area contributed by atoms with Crippen LogP contribution in [0, 0.1) is 6.92 Å². The van der Waals surface area contributed by atoms with Gasteiger partial charge in [-0.2, -0.15) is 0 Å². The molecule has 0 spiro atoms. The molecular formula is C8H5ClF3NO3. The normalized spacial score (nSPS) is 11.3. The number of aromatic hydroxyl groups is 1. The predicted molar refractivity (Wildman–Crippen MR) is 47.5 cm³/mol. The monoisotopic (exact) mass is 255 g/mol. The van der Waals surface area contributed by atoms with Crippen molar-refractivity contribution in [1.82, 2.24) is 4.98 Å². The molecule has 1 N–H and O–H groups in total. The summed E-state index contributed by atoms with van der Waals surface area (Å²) >= 11 is 5.11. The van der Waals surface area contributed by atoms with Crippen molar-refractivity contribution in [2.75, 3.05) is 0 Å². The SMILES string of the molecule is Cc1nc(OC(F)(F)F)c(O)cc1C(=O)Cl. The number of aromatic nitrogens is 1. The molecule has 0 aromatic carbocycles. The zero-order chi connectivity index (χ0) is 12.5. The summed E-state index contributed by atoms with van der Waals surface area (Å²) < 4.78 is 39.0. The van der Waals surface area contributed by atoms with Gasteiger partial charge in [-0.25, -0.2) is 4.98 Å². The van der Waals surface area contributed by atoms with Crippen molar-refractivity contribution in [3.8, 4) is 11.6 Å². The Kier molecular flexibility index (Phi) is 3.27. The van der Waals surface area contributed by atoms with Crippen LogP contribution in [0.15, 0.2) is 6.07 Å². The van der Waals surface area contributed by atoms with E-state index in [1.165, 1.54) is 6.92 Å². The molecule has 1 rings (SSSR count). The topological polar surface area (TPSA) is 59.4 Å². The van der Waals surface area contributed by atoms with Crippen LogP contribution in [-0.4, -0.2) is 21.7 Å². The van der Waals surface area contributed by atoms with Crippen molar-refractivity contribution < 1.29 is 27.8 Å². The van der Waals surface area contributed by atoms with Gasteiger partial charge in [0.2, 0.25) is 0 Å². The second-order valence-electron chi connectivity index (χ2n) is 2.77. The number of hydrogen-bond donors (Lipinski definition) is 1. The third-order valence-electron chi connectivity index (χ3n) is 1.58. The fourth-order valence-electron chi connectivity index (χ4n) is 0.956. The molecular weight excluding hydrogens is 251 g/mol. The zero-order valence-corrected chi connectivity index (χ0v) is 8.56. The van der Waals surface area contributed by atoms with Crippen LogP contribution in [-0.2, 0) is 0 Å². The first kappa shape index (κ1) is 12.6. The van der Waals surface area contributed by atoms with Gasteiger partial charge in [0.15, 0.2) is 5.75 Å². The number of ether oxygens (including phenoxy) is 1. The lowest BCUT2D eigenvalue weighted by molar-refractivity contribution is -0.276. The molecule has 16 heavy (non-hydrogen) atoms. The Labute approximate surface area is 92.6 Å². The lowest BCUT2D eigenvalue weighted by Crippen LogP contribution is -2.18. The van der Waals surface area contributed by atoms with Crippen LogP contribution in [0.5, 0.6) is 11.6 Å². The van der Waals surface area contributed by atoms with Crippen molar-refractivity contribution in [3.05, 3.63) is 17.3 Å². The zero-order valence-electron chi connectivity index (χ0n) is 7.80. The number of nitrogens with zero attached hydrogens (tertiary/aromatic N) is 1. The number of hydrogen-bond acceptors (Lipinski definition) is 4. The fourth-order valence-corrected chi connectivity index (χ4v) is 1.15. The molecule has 1 heterocycles. The van der Waals surface area contributed by atoms with Crippen LogP contribution < -0.4 is 4.74 Å². The van der Waals surface area contributed by atoms with Crippen LogP contribution in [0.2, 0.25) is 0 Å². The van der Waals surface area contributed by atoms with Gasteiger partial charge in [0.25, 0.3) is 11.1 Å². The maximum atomic E-state index is 11.8. The minimum Gasteiger partial charge on any atom is -0.503 e. The number of carbonyl (C=O) groups excluding carboxylic acids is 1. The number of alkyl halides is 3. The van der Waals surface area contributed by atoms with Gasteiger partial charge in [0.05, 0.1) is 11.3 Å². The minimum absolute atomic E-state index is 0.0722. The van der Waals surface area contributed by atoms with Gasteiger partial charge in [-0.05, 0) is 24.6 Å². The van der Waals surface area contributed by atoms with E-state index in [2.05, 4.69) is 9.72 Å². The number of rotatable bonds is 2. The minimum atomic E-state index is -4.97. The quantitative estimate of drug-likeness (QED) is 0.824. The smallest absolute Gasteiger partial charge is 0.503 e. The second kappa shape index (κ2) is 4.17. The lowest BCUT2D eigenvalue weighted by Gasteiger charge is -2.10. The van der Waals surface area contributed by atoms with Crippen LogP contribution >= 0.6 is 11.6 Å². The van der Waals surface area contributed by atoms with Crippen molar-refractivity contribution in [1.29, 1.82) is 0 Å². The highest BCUT2D eigenvalue weighted by atomic mass is 35.5.